The quantitative estimate of drug-likeness (QED) is 0.605. The van der Waals surface area contributed by atoms with Crippen molar-refractivity contribution < 1.29 is 14.3 Å². The van der Waals surface area contributed by atoms with Gasteiger partial charge in [0, 0.05) is 35.7 Å². The first kappa shape index (κ1) is 20.8. The Hall–Kier alpha value is -2.90. The Kier molecular flexibility index (Phi) is 6.85. The second kappa shape index (κ2) is 9.54. The number of carbonyl (C=O) groups is 2. The van der Waals surface area contributed by atoms with Gasteiger partial charge in [-0.3, -0.25) is 4.98 Å². The van der Waals surface area contributed by atoms with Gasteiger partial charge in [0.05, 0.1) is 18.2 Å². The van der Waals surface area contributed by atoms with Gasteiger partial charge < -0.3 is 20.7 Å². The molecule has 0 saturated heterocycles. The highest BCUT2D eigenvalue weighted by molar-refractivity contribution is 6.30. The number of pyridine rings is 1. The molecule has 29 heavy (non-hydrogen) atoms. The van der Waals surface area contributed by atoms with E-state index in [0.29, 0.717) is 16.3 Å². The minimum absolute atomic E-state index is 0.0274. The standard InChI is InChI=1S/C21H23ClN4O3/c1-3-29-20(27)18-17(12-24-13(2)15-5-4-10-23-11-15)25-21(28)26-19(18)14-6-8-16(22)9-7-14/h4-11,13,19,24H,3,12H2,1-2H3,(H2,25,26,28). The number of amides is 2. The summed E-state index contributed by atoms with van der Waals surface area (Å²) in [6.45, 7) is 4.24. The van der Waals surface area contributed by atoms with E-state index in [0.717, 1.165) is 11.1 Å². The molecular weight excluding hydrogens is 392 g/mol. The number of benzene rings is 1. The Bertz CT molecular complexity index is 900. The maximum Gasteiger partial charge on any atom is 0.338 e. The molecule has 2 amide bonds. The number of nitrogens with zero attached hydrogens (tertiary/aromatic N) is 1. The average Bonchev–Trinajstić information content (AvgIpc) is 2.72. The monoisotopic (exact) mass is 414 g/mol. The van der Waals surface area contributed by atoms with E-state index in [1.165, 1.54) is 0 Å². The summed E-state index contributed by atoms with van der Waals surface area (Å²) in [5.74, 6) is -0.481. The van der Waals surface area contributed by atoms with Crippen LogP contribution < -0.4 is 16.0 Å². The molecule has 0 fully saturated rings. The number of urea groups is 1. The second-order valence-electron chi connectivity index (χ2n) is 6.58. The molecule has 0 spiro atoms. The van der Waals surface area contributed by atoms with Crippen molar-refractivity contribution in [1.29, 1.82) is 0 Å². The molecule has 3 rings (SSSR count). The predicted molar refractivity (Wildman–Crippen MR) is 110 cm³/mol. The Balaban J connectivity index is 1.91. The molecule has 1 aromatic heterocycles. The zero-order valence-electron chi connectivity index (χ0n) is 16.2. The minimum Gasteiger partial charge on any atom is -0.463 e. The molecule has 152 valence electrons. The van der Waals surface area contributed by atoms with Crippen molar-refractivity contribution in [2.45, 2.75) is 25.9 Å². The van der Waals surface area contributed by atoms with Gasteiger partial charge in [0.15, 0.2) is 0 Å². The number of esters is 1. The molecule has 2 heterocycles. The maximum absolute atomic E-state index is 12.7. The van der Waals surface area contributed by atoms with E-state index in [1.807, 2.05) is 19.1 Å². The van der Waals surface area contributed by atoms with Crippen LogP contribution in [-0.4, -0.2) is 30.1 Å². The van der Waals surface area contributed by atoms with Crippen molar-refractivity contribution >= 4 is 23.6 Å². The predicted octanol–water partition coefficient (Wildman–Crippen LogP) is 3.26. The van der Waals surface area contributed by atoms with E-state index in [1.54, 1.807) is 43.6 Å². The van der Waals surface area contributed by atoms with E-state index >= 15 is 0 Å². The SMILES string of the molecule is CCOC(=O)C1=C(CNC(C)c2cccnc2)NC(=O)NC1c1ccc(Cl)cc1. The number of nitrogens with one attached hydrogen (secondary N) is 3. The normalized spacial score (nSPS) is 17.3. The number of ether oxygens (including phenoxy) is 1. The fourth-order valence-electron chi connectivity index (χ4n) is 3.12. The van der Waals surface area contributed by atoms with Crippen LogP contribution in [0.1, 0.15) is 37.1 Å². The van der Waals surface area contributed by atoms with Crippen molar-refractivity contribution in [3.05, 3.63) is 76.2 Å². The van der Waals surface area contributed by atoms with Crippen molar-refractivity contribution in [2.24, 2.45) is 0 Å². The number of hydrogen-bond acceptors (Lipinski definition) is 5. The molecule has 0 bridgehead atoms. The molecule has 1 aliphatic rings. The van der Waals surface area contributed by atoms with Gasteiger partial charge in [-0.05, 0) is 43.2 Å². The molecule has 2 unspecified atom stereocenters. The molecule has 0 radical (unpaired) electrons. The van der Waals surface area contributed by atoms with Crippen molar-refractivity contribution in [1.82, 2.24) is 20.9 Å². The van der Waals surface area contributed by atoms with Crippen molar-refractivity contribution in [3.8, 4) is 0 Å². The zero-order valence-corrected chi connectivity index (χ0v) is 17.0. The fraction of sp³-hybridized carbons (Fsp3) is 0.286. The summed E-state index contributed by atoms with van der Waals surface area (Å²) in [7, 11) is 0. The van der Waals surface area contributed by atoms with Gasteiger partial charge in [0.2, 0.25) is 0 Å². The van der Waals surface area contributed by atoms with Crippen LogP contribution >= 0.6 is 11.6 Å². The van der Waals surface area contributed by atoms with E-state index < -0.39 is 12.0 Å². The highest BCUT2D eigenvalue weighted by atomic mass is 35.5. The van der Waals surface area contributed by atoms with Crippen LogP contribution in [0.25, 0.3) is 0 Å². The minimum atomic E-state index is -0.634. The number of halogens is 1. The smallest absolute Gasteiger partial charge is 0.338 e. The summed E-state index contributed by atoms with van der Waals surface area (Å²) in [5, 5.41) is 9.45. The highest BCUT2D eigenvalue weighted by Gasteiger charge is 2.33. The molecule has 2 aromatic rings. The summed E-state index contributed by atoms with van der Waals surface area (Å²) in [6, 6.07) is 9.77. The van der Waals surface area contributed by atoms with E-state index in [4.69, 9.17) is 16.3 Å². The molecule has 2 atom stereocenters. The second-order valence-corrected chi connectivity index (χ2v) is 7.02. The summed E-state index contributed by atoms with van der Waals surface area (Å²) < 4.78 is 5.26. The first-order chi connectivity index (χ1) is 14.0. The maximum atomic E-state index is 12.7. The number of rotatable bonds is 7. The van der Waals surface area contributed by atoms with Crippen LogP contribution in [0.2, 0.25) is 5.02 Å². The molecule has 0 saturated carbocycles. The largest absolute Gasteiger partial charge is 0.463 e. The van der Waals surface area contributed by atoms with E-state index in [2.05, 4.69) is 20.9 Å². The van der Waals surface area contributed by atoms with E-state index in [-0.39, 0.29) is 25.2 Å². The average molecular weight is 415 g/mol. The van der Waals surface area contributed by atoms with Gasteiger partial charge >= 0.3 is 12.0 Å². The van der Waals surface area contributed by atoms with Crippen LogP contribution in [0.3, 0.4) is 0 Å². The first-order valence-corrected chi connectivity index (χ1v) is 9.73. The fourth-order valence-corrected chi connectivity index (χ4v) is 3.24. The van der Waals surface area contributed by atoms with Crippen LogP contribution in [-0.2, 0) is 9.53 Å². The third-order valence-electron chi connectivity index (χ3n) is 4.62. The lowest BCUT2D eigenvalue weighted by atomic mass is 9.95. The molecule has 3 N–H and O–H groups in total. The topological polar surface area (TPSA) is 92.3 Å². The third kappa shape index (κ3) is 5.13. The first-order valence-electron chi connectivity index (χ1n) is 9.36. The highest BCUT2D eigenvalue weighted by Crippen LogP contribution is 2.28. The Morgan fingerprint density at radius 3 is 2.72 bits per heavy atom. The lowest BCUT2D eigenvalue weighted by Crippen LogP contribution is -2.48. The van der Waals surface area contributed by atoms with Crippen molar-refractivity contribution in [2.75, 3.05) is 13.2 Å². The van der Waals surface area contributed by atoms with E-state index in [9.17, 15) is 9.59 Å². The molecule has 1 aliphatic heterocycles. The van der Waals surface area contributed by atoms with Crippen molar-refractivity contribution in [3.63, 3.8) is 0 Å². The molecule has 7 nitrogen and oxygen atoms in total. The van der Waals surface area contributed by atoms with Gasteiger partial charge in [0.25, 0.3) is 0 Å². The van der Waals surface area contributed by atoms with Crippen LogP contribution in [0.15, 0.2) is 60.1 Å². The Morgan fingerprint density at radius 1 is 1.31 bits per heavy atom. The third-order valence-corrected chi connectivity index (χ3v) is 4.87. The summed E-state index contributed by atoms with van der Waals surface area (Å²) in [6.07, 6.45) is 3.48. The van der Waals surface area contributed by atoms with Crippen LogP contribution in [0.4, 0.5) is 4.79 Å². The number of aromatic nitrogens is 1. The summed E-state index contributed by atoms with van der Waals surface area (Å²) >= 11 is 5.98. The van der Waals surface area contributed by atoms with Crippen LogP contribution in [0, 0.1) is 0 Å². The van der Waals surface area contributed by atoms with Crippen LogP contribution in [0.5, 0.6) is 0 Å². The lowest BCUT2D eigenvalue weighted by Gasteiger charge is -2.30. The van der Waals surface area contributed by atoms with Gasteiger partial charge in [-0.1, -0.05) is 29.8 Å². The number of carbonyl (C=O) groups excluding carboxylic acids is 2. The van der Waals surface area contributed by atoms with Gasteiger partial charge in [-0.15, -0.1) is 0 Å². The summed E-state index contributed by atoms with van der Waals surface area (Å²) in [4.78, 5) is 29.2. The summed E-state index contributed by atoms with van der Waals surface area (Å²) in [5.41, 5.74) is 2.58. The lowest BCUT2D eigenvalue weighted by molar-refractivity contribution is -0.139. The van der Waals surface area contributed by atoms with Gasteiger partial charge in [0.1, 0.15) is 0 Å². The number of hydrogen-bond donors (Lipinski definition) is 3. The zero-order chi connectivity index (χ0) is 20.8. The Labute approximate surface area is 174 Å². The molecule has 8 heteroatoms. The molecule has 1 aromatic carbocycles. The molecular formula is C21H23ClN4O3. The molecule has 0 aliphatic carbocycles. The van der Waals surface area contributed by atoms with Gasteiger partial charge in [-0.2, -0.15) is 0 Å². The van der Waals surface area contributed by atoms with Gasteiger partial charge in [-0.25, -0.2) is 9.59 Å². The Morgan fingerprint density at radius 2 is 2.07 bits per heavy atom.